The highest BCUT2D eigenvalue weighted by molar-refractivity contribution is 7.21. The van der Waals surface area contributed by atoms with Gasteiger partial charge in [-0.3, -0.25) is 4.99 Å². The Morgan fingerprint density at radius 1 is 1.11 bits per heavy atom. The molecule has 7 nitrogen and oxygen atoms in total. The predicted molar refractivity (Wildman–Crippen MR) is 141 cm³/mol. The summed E-state index contributed by atoms with van der Waals surface area (Å²) in [6, 6.07) is 17.4. The van der Waals surface area contributed by atoms with Gasteiger partial charge in [0.2, 0.25) is 5.52 Å². The average Bonchev–Trinajstić information content (AvgIpc) is 3.25. The second-order valence-electron chi connectivity index (χ2n) is 8.57. The standard InChI is InChI=1S/C27H22N4O3S/c1-15-12-20-21(27(33)34)13-22(32)31-24(20)25(23(15)28)35-26(31)17-6-8-18(9-7-17)29-14-16-4-10-19(11-5-16)30(2)3/h4-14H,1-3H3,(H2-,28,32,33,34)/p+1. The minimum absolute atomic E-state index is 0.0178. The first-order valence-corrected chi connectivity index (χ1v) is 11.8. The van der Waals surface area contributed by atoms with E-state index in [1.54, 1.807) is 10.6 Å². The Bertz CT molecular complexity index is 1560. The van der Waals surface area contributed by atoms with E-state index in [0.29, 0.717) is 26.5 Å². The summed E-state index contributed by atoms with van der Waals surface area (Å²) in [6.45, 7) is 1.84. The smallest absolute Gasteiger partial charge is 0.420 e. The largest absolute Gasteiger partial charge is 0.478 e. The molecule has 5 rings (SSSR count). The van der Waals surface area contributed by atoms with E-state index < -0.39 is 11.9 Å². The molecule has 0 atom stereocenters. The Balaban J connectivity index is 1.52. The summed E-state index contributed by atoms with van der Waals surface area (Å²) < 4.78 is 2.26. The maximum absolute atomic E-state index is 13.0. The van der Waals surface area contributed by atoms with E-state index in [4.69, 9.17) is 5.73 Å². The molecule has 0 amide bonds. The molecule has 1 aromatic heterocycles. The van der Waals surface area contributed by atoms with Crippen LogP contribution < -0.4 is 15.2 Å². The maximum atomic E-state index is 13.0. The molecule has 35 heavy (non-hydrogen) atoms. The molecule has 8 heteroatoms. The van der Waals surface area contributed by atoms with Crippen molar-refractivity contribution in [3.8, 4) is 10.6 Å². The Labute approximate surface area is 206 Å². The molecular formula is C27H23N4O3S+. The van der Waals surface area contributed by atoms with Gasteiger partial charge in [0.25, 0.3) is 5.01 Å². The first-order valence-electron chi connectivity index (χ1n) is 10.9. The van der Waals surface area contributed by atoms with Gasteiger partial charge in [-0.15, -0.1) is 4.57 Å². The van der Waals surface area contributed by atoms with Gasteiger partial charge in [-0.25, -0.2) is 9.59 Å². The van der Waals surface area contributed by atoms with E-state index in [2.05, 4.69) is 4.99 Å². The molecule has 2 heterocycles. The minimum atomic E-state index is -1.14. The molecule has 0 spiro atoms. The molecule has 174 valence electrons. The number of hydrogen-bond donors (Lipinski definition) is 2. The highest BCUT2D eigenvalue weighted by Gasteiger charge is 2.38. The number of carbonyl (C=O) groups is 2. The fraction of sp³-hybridized carbons (Fsp3) is 0.111. The quantitative estimate of drug-likeness (QED) is 0.244. The number of anilines is 2. The molecule has 1 aliphatic rings. The van der Waals surface area contributed by atoms with Crippen LogP contribution in [0.15, 0.2) is 65.7 Å². The molecule has 0 unspecified atom stereocenters. The van der Waals surface area contributed by atoms with Crippen LogP contribution in [0.3, 0.4) is 0 Å². The van der Waals surface area contributed by atoms with Gasteiger partial charge in [0.15, 0.2) is 0 Å². The Morgan fingerprint density at radius 2 is 1.80 bits per heavy atom. The van der Waals surface area contributed by atoms with Crippen molar-refractivity contribution in [3.63, 3.8) is 0 Å². The molecule has 0 aliphatic carbocycles. The number of carboxylic acid groups (broad SMARTS) is 1. The lowest BCUT2D eigenvalue weighted by molar-refractivity contribution is -0.526. The first-order chi connectivity index (χ1) is 16.7. The van der Waals surface area contributed by atoms with Crippen LogP contribution in [-0.4, -0.2) is 37.3 Å². The average molecular weight is 484 g/mol. The number of rotatable bonds is 5. The van der Waals surface area contributed by atoms with Crippen molar-refractivity contribution in [1.29, 1.82) is 0 Å². The van der Waals surface area contributed by atoms with Gasteiger partial charge in [-0.2, -0.15) is 0 Å². The van der Waals surface area contributed by atoms with Crippen molar-refractivity contribution >= 4 is 62.3 Å². The summed E-state index contributed by atoms with van der Waals surface area (Å²) in [4.78, 5) is 31.4. The zero-order chi connectivity index (χ0) is 24.9. The van der Waals surface area contributed by atoms with Crippen molar-refractivity contribution < 1.29 is 19.3 Å². The molecule has 3 N–H and O–H groups in total. The van der Waals surface area contributed by atoms with E-state index in [-0.39, 0.29) is 5.57 Å². The van der Waals surface area contributed by atoms with Gasteiger partial charge in [0.1, 0.15) is 4.70 Å². The van der Waals surface area contributed by atoms with E-state index in [1.165, 1.54) is 17.4 Å². The Morgan fingerprint density at radius 3 is 2.43 bits per heavy atom. The van der Waals surface area contributed by atoms with Gasteiger partial charge < -0.3 is 15.7 Å². The van der Waals surface area contributed by atoms with Gasteiger partial charge >= 0.3 is 11.9 Å². The molecular weight excluding hydrogens is 460 g/mol. The lowest BCUT2D eigenvalue weighted by Crippen LogP contribution is -2.44. The number of carboxylic acids is 1. The summed E-state index contributed by atoms with van der Waals surface area (Å²) in [6.07, 6.45) is 2.99. The minimum Gasteiger partial charge on any atom is -0.478 e. The molecule has 0 saturated carbocycles. The third-order valence-corrected chi connectivity index (χ3v) is 7.25. The van der Waals surface area contributed by atoms with Crippen molar-refractivity contribution in [2.45, 2.75) is 6.92 Å². The van der Waals surface area contributed by atoms with Crippen LogP contribution in [0, 0.1) is 6.92 Å². The van der Waals surface area contributed by atoms with Crippen molar-refractivity contribution in [3.05, 3.63) is 77.4 Å². The van der Waals surface area contributed by atoms with Crippen LogP contribution >= 0.6 is 11.3 Å². The number of nitrogens with two attached hydrogens (primary N) is 1. The van der Waals surface area contributed by atoms with Gasteiger partial charge in [-0.1, -0.05) is 23.5 Å². The van der Waals surface area contributed by atoms with Gasteiger partial charge in [-0.05, 0) is 60.5 Å². The number of nitrogens with zero attached hydrogens (tertiary/aromatic N) is 3. The lowest BCUT2D eigenvalue weighted by Gasteiger charge is -2.11. The number of aliphatic carboxylic acids is 1. The fourth-order valence-corrected chi connectivity index (χ4v) is 5.39. The zero-order valence-corrected chi connectivity index (χ0v) is 20.3. The highest BCUT2D eigenvalue weighted by atomic mass is 32.1. The highest BCUT2D eigenvalue weighted by Crippen LogP contribution is 2.40. The lowest BCUT2D eigenvalue weighted by atomic mass is 9.98. The summed E-state index contributed by atoms with van der Waals surface area (Å²) in [5, 5.41) is 10.3. The molecule has 0 bridgehead atoms. The molecule has 0 radical (unpaired) electrons. The molecule has 4 aromatic rings. The number of benzene rings is 3. The number of aromatic nitrogens is 1. The first kappa shape index (κ1) is 22.5. The fourth-order valence-electron chi connectivity index (χ4n) is 4.10. The topological polar surface area (TPSA) is 99.9 Å². The van der Waals surface area contributed by atoms with Crippen molar-refractivity contribution in [2.24, 2.45) is 4.99 Å². The molecule has 3 aromatic carbocycles. The number of carbonyl (C=O) groups excluding carboxylic acids is 1. The van der Waals surface area contributed by atoms with Crippen molar-refractivity contribution in [2.75, 3.05) is 24.7 Å². The number of aliphatic imine (C=N–C) groups is 1. The van der Waals surface area contributed by atoms with Crippen LogP contribution in [-0.2, 0) is 4.79 Å². The Hall–Kier alpha value is -4.30. The van der Waals surface area contributed by atoms with Gasteiger partial charge in [0, 0.05) is 26.0 Å². The number of allylic oxidation sites excluding steroid dienone is 1. The van der Waals surface area contributed by atoms with Crippen LogP contribution in [0.1, 0.15) is 21.5 Å². The molecule has 1 aliphatic heterocycles. The zero-order valence-electron chi connectivity index (χ0n) is 19.4. The molecule has 0 saturated heterocycles. The number of hydrogen-bond acceptors (Lipinski definition) is 6. The third kappa shape index (κ3) is 3.87. The second kappa shape index (κ2) is 8.48. The van der Waals surface area contributed by atoms with E-state index in [1.807, 2.05) is 80.7 Å². The van der Waals surface area contributed by atoms with Gasteiger partial charge in [0.05, 0.1) is 34.2 Å². The summed E-state index contributed by atoms with van der Waals surface area (Å²) in [5.74, 6) is -1.54. The maximum Gasteiger partial charge on any atom is 0.420 e. The van der Waals surface area contributed by atoms with E-state index >= 15 is 0 Å². The van der Waals surface area contributed by atoms with Crippen LogP contribution in [0.5, 0.6) is 0 Å². The predicted octanol–water partition coefficient (Wildman–Crippen LogP) is 4.68. The SMILES string of the molecule is Cc1cc2c3c(sc(-c4ccc(N=Cc5ccc(N(C)C)cc5)cc4)[n+]3C(=O)C=C2C(=O)O)c1N. The summed E-state index contributed by atoms with van der Waals surface area (Å²) >= 11 is 1.38. The Kier molecular flexibility index (Phi) is 5.45. The van der Waals surface area contributed by atoms with Crippen LogP contribution in [0.25, 0.3) is 26.4 Å². The molecule has 0 fully saturated rings. The normalized spacial score (nSPS) is 12.9. The monoisotopic (exact) mass is 483 g/mol. The summed E-state index contributed by atoms with van der Waals surface area (Å²) in [7, 11) is 4.00. The third-order valence-electron chi connectivity index (χ3n) is 6.02. The summed E-state index contributed by atoms with van der Waals surface area (Å²) in [5.41, 5.74) is 12.4. The second-order valence-corrected chi connectivity index (χ2v) is 9.57. The van der Waals surface area contributed by atoms with Crippen LogP contribution in [0.4, 0.5) is 17.1 Å². The van der Waals surface area contributed by atoms with E-state index in [9.17, 15) is 14.7 Å². The van der Waals surface area contributed by atoms with Crippen LogP contribution in [0.2, 0.25) is 0 Å². The number of aryl methyl sites for hydroxylation is 1. The van der Waals surface area contributed by atoms with E-state index in [0.717, 1.165) is 28.1 Å². The van der Waals surface area contributed by atoms with Crippen molar-refractivity contribution in [1.82, 2.24) is 0 Å². The number of nitrogen functional groups attached to an aromatic ring is 1. The number of thiazole rings is 1.